The first-order valence-corrected chi connectivity index (χ1v) is 6.20. The number of carbonyl (C=O) groups excluding carboxylic acids is 1. The molecule has 100 valence electrons. The third-order valence-corrected chi connectivity index (χ3v) is 2.61. The molecule has 0 atom stereocenters. The molecule has 0 fully saturated rings. The fraction of sp³-hybridized carbons (Fsp3) is 0.273. The Labute approximate surface area is 119 Å². The monoisotopic (exact) mass is 300 g/mol. The minimum absolute atomic E-state index is 0.171. The van der Waals surface area contributed by atoms with Crippen molar-refractivity contribution in [1.29, 1.82) is 0 Å². The van der Waals surface area contributed by atoms with Crippen molar-refractivity contribution in [3.63, 3.8) is 0 Å². The number of amides is 1. The number of pyridine rings is 1. The summed E-state index contributed by atoms with van der Waals surface area (Å²) in [5.41, 5.74) is 0.353. The average Bonchev–Trinajstić information content (AvgIpc) is 2.73. The van der Waals surface area contributed by atoms with E-state index < -0.39 is 0 Å². The van der Waals surface area contributed by atoms with Gasteiger partial charge in [-0.2, -0.15) is 4.98 Å². The van der Waals surface area contributed by atoms with Crippen LogP contribution >= 0.6 is 23.2 Å². The second-order valence-electron chi connectivity index (χ2n) is 3.74. The summed E-state index contributed by atoms with van der Waals surface area (Å²) in [6.45, 7) is 2.10. The number of aryl methyl sites for hydroxylation is 1. The lowest BCUT2D eigenvalue weighted by molar-refractivity contribution is 0.0953. The fourth-order valence-corrected chi connectivity index (χ4v) is 1.88. The highest BCUT2D eigenvalue weighted by Crippen LogP contribution is 2.14. The molecule has 2 aromatic heterocycles. The first-order chi connectivity index (χ1) is 9.04. The van der Waals surface area contributed by atoms with E-state index in [9.17, 15) is 4.79 Å². The van der Waals surface area contributed by atoms with Gasteiger partial charge in [-0.3, -0.25) is 4.79 Å². The van der Waals surface area contributed by atoms with E-state index in [0.717, 1.165) is 0 Å². The predicted octanol–water partition coefficient (Wildman–Crippen LogP) is 2.05. The van der Waals surface area contributed by atoms with Gasteiger partial charge in [0.25, 0.3) is 5.91 Å². The topological polar surface area (TPSA) is 80.9 Å². The molecule has 0 saturated heterocycles. The van der Waals surface area contributed by atoms with Crippen LogP contribution in [0.3, 0.4) is 0 Å². The van der Waals surface area contributed by atoms with Gasteiger partial charge < -0.3 is 9.84 Å². The second kappa shape index (κ2) is 5.99. The van der Waals surface area contributed by atoms with Gasteiger partial charge in [0.05, 0.1) is 0 Å². The summed E-state index contributed by atoms with van der Waals surface area (Å²) in [5.74, 6) is 0.750. The molecule has 0 aliphatic rings. The number of hydrogen-bond donors (Lipinski definition) is 1. The van der Waals surface area contributed by atoms with Gasteiger partial charge in [-0.1, -0.05) is 28.4 Å². The summed E-state index contributed by atoms with van der Waals surface area (Å²) in [6, 6.07) is 2.89. The number of nitrogens with one attached hydrogen (secondary N) is 1. The molecule has 6 nitrogen and oxygen atoms in total. The smallest absolute Gasteiger partial charge is 0.251 e. The second-order valence-corrected chi connectivity index (χ2v) is 4.52. The van der Waals surface area contributed by atoms with Crippen LogP contribution in [0.1, 0.15) is 22.1 Å². The SMILES string of the molecule is Cc1noc(CCNC(=O)c2cc(Cl)nc(Cl)c2)n1. The van der Waals surface area contributed by atoms with Crippen LogP contribution in [0.25, 0.3) is 0 Å². The van der Waals surface area contributed by atoms with Crippen molar-refractivity contribution in [2.75, 3.05) is 6.54 Å². The molecule has 2 rings (SSSR count). The van der Waals surface area contributed by atoms with Crippen molar-refractivity contribution in [2.24, 2.45) is 0 Å². The highest BCUT2D eigenvalue weighted by molar-refractivity contribution is 6.33. The Hall–Kier alpha value is -1.66. The van der Waals surface area contributed by atoms with E-state index in [1.54, 1.807) is 6.92 Å². The van der Waals surface area contributed by atoms with E-state index in [1.807, 2.05) is 0 Å². The summed E-state index contributed by atoms with van der Waals surface area (Å²) in [6.07, 6.45) is 0.457. The third-order valence-electron chi connectivity index (χ3n) is 2.22. The number of aromatic nitrogens is 3. The lowest BCUT2D eigenvalue weighted by atomic mass is 10.2. The van der Waals surface area contributed by atoms with Crippen LogP contribution in [0.2, 0.25) is 10.3 Å². The lowest BCUT2D eigenvalue weighted by Gasteiger charge is -2.04. The van der Waals surface area contributed by atoms with Crippen molar-refractivity contribution < 1.29 is 9.32 Å². The molecule has 2 heterocycles. The van der Waals surface area contributed by atoms with E-state index in [2.05, 4.69) is 20.4 Å². The average molecular weight is 301 g/mol. The molecule has 0 unspecified atom stereocenters. The van der Waals surface area contributed by atoms with E-state index in [1.165, 1.54) is 12.1 Å². The van der Waals surface area contributed by atoms with Crippen LogP contribution in [0.15, 0.2) is 16.7 Å². The van der Waals surface area contributed by atoms with Crippen LogP contribution in [0.4, 0.5) is 0 Å². The van der Waals surface area contributed by atoms with Crippen LogP contribution in [0.5, 0.6) is 0 Å². The molecular formula is C11H10Cl2N4O2. The standard InChI is InChI=1S/C11H10Cl2N4O2/c1-6-15-10(19-17-6)2-3-14-11(18)7-4-8(12)16-9(13)5-7/h4-5H,2-3H2,1H3,(H,14,18). The highest BCUT2D eigenvalue weighted by atomic mass is 35.5. The minimum atomic E-state index is -0.289. The maximum Gasteiger partial charge on any atom is 0.251 e. The molecule has 0 radical (unpaired) electrons. The van der Waals surface area contributed by atoms with Crippen LogP contribution in [-0.2, 0) is 6.42 Å². The Bertz CT molecular complexity index is 580. The molecule has 8 heteroatoms. The number of nitrogens with zero attached hydrogens (tertiary/aromatic N) is 3. The fourth-order valence-electron chi connectivity index (χ4n) is 1.42. The summed E-state index contributed by atoms with van der Waals surface area (Å²) in [5, 5.41) is 6.70. The predicted molar refractivity (Wildman–Crippen MR) is 69.3 cm³/mol. The molecule has 19 heavy (non-hydrogen) atoms. The Morgan fingerprint density at radius 3 is 2.58 bits per heavy atom. The Balaban J connectivity index is 1.90. The largest absolute Gasteiger partial charge is 0.352 e. The quantitative estimate of drug-likeness (QED) is 0.874. The molecule has 0 spiro atoms. The van der Waals surface area contributed by atoms with Gasteiger partial charge in [0.15, 0.2) is 5.82 Å². The maximum atomic E-state index is 11.8. The Morgan fingerprint density at radius 2 is 2.00 bits per heavy atom. The Kier molecular flexibility index (Phi) is 4.34. The lowest BCUT2D eigenvalue weighted by Crippen LogP contribution is -2.25. The van der Waals surface area contributed by atoms with E-state index in [4.69, 9.17) is 27.7 Å². The first-order valence-electron chi connectivity index (χ1n) is 5.45. The van der Waals surface area contributed by atoms with E-state index in [-0.39, 0.29) is 16.2 Å². The number of halogens is 2. The van der Waals surface area contributed by atoms with Crippen LogP contribution < -0.4 is 5.32 Å². The summed E-state index contributed by atoms with van der Waals surface area (Å²) >= 11 is 11.4. The van der Waals surface area contributed by atoms with Crippen LogP contribution in [-0.4, -0.2) is 27.6 Å². The van der Waals surface area contributed by atoms with Gasteiger partial charge in [0.2, 0.25) is 5.89 Å². The van der Waals surface area contributed by atoms with Gasteiger partial charge in [-0.25, -0.2) is 4.98 Å². The van der Waals surface area contributed by atoms with Crippen LogP contribution in [0, 0.1) is 6.92 Å². The summed E-state index contributed by atoms with van der Waals surface area (Å²) in [7, 11) is 0. The molecule has 1 N–H and O–H groups in total. The molecule has 0 bridgehead atoms. The molecule has 0 saturated carbocycles. The van der Waals surface area contributed by atoms with E-state index in [0.29, 0.717) is 30.2 Å². The molecule has 2 aromatic rings. The van der Waals surface area contributed by atoms with Crippen molar-refractivity contribution in [3.05, 3.63) is 39.7 Å². The molecule has 0 aliphatic heterocycles. The molecule has 0 aliphatic carbocycles. The number of rotatable bonds is 4. The molecule has 0 aromatic carbocycles. The van der Waals surface area contributed by atoms with Gasteiger partial charge in [-0.15, -0.1) is 0 Å². The summed E-state index contributed by atoms with van der Waals surface area (Å²) in [4.78, 5) is 19.6. The van der Waals surface area contributed by atoms with Gasteiger partial charge >= 0.3 is 0 Å². The van der Waals surface area contributed by atoms with Crippen molar-refractivity contribution in [2.45, 2.75) is 13.3 Å². The van der Waals surface area contributed by atoms with Crippen molar-refractivity contribution in [1.82, 2.24) is 20.4 Å². The number of carbonyl (C=O) groups is 1. The van der Waals surface area contributed by atoms with Gasteiger partial charge in [-0.05, 0) is 19.1 Å². The van der Waals surface area contributed by atoms with Gasteiger partial charge in [0.1, 0.15) is 10.3 Å². The van der Waals surface area contributed by atoms with Crippen molar-refractivity contribution >= 4 is 29.1 Å². The zero-order chi connectivity index (χ0) is 13.8. The first kappa shape index (κ1) is 13.8. The highest BCUT2D eigenvalue weighted by Gasteiger charge is 2.09. The summed E-state index contributed by atoms with van der Waals surface area (Å²) < 4.78 is 4.93. The zero-order valence-electron chi connectivity index (χ0n) is 9.98. The molecule has 1 amide bonds. The minimum Gasteiger partial charge on any atom is -0.352 e. The third kappa shape index (κ3) is 3.90. The number of hydrogen-bond acceptors (Lipinski definition) is 5. The maximum absolute atomic E-state index is 11.8. The zero-order valence-corrected chi connectivity index (χ0v) is 11.5. The van der Waals surface area contributed by atoms with E-state index >= 15 is 0 Å². The Morgan fingerprint density at radius 1 is 1.32 bits per heavy atom. The van der Waals surface area contributed by atoms with Crippen molar-refractivity contribution in [3.8, 4) is 0 Å². The van der Waals surface area contributed by atoms with Gasteiger partial charge in [0, 0.05) is 18.5 Å². The normalized spacial score (nSPS) is 10.5. The molecular weight excluding hydrogens is 291 g/mol.